The van der Waals surface area contributed by atoms with Crippen molar-refractivity contribution >= 4 is 0 Å². The zero-order valence-electron chi connectivity index (χ0n) is 17.8. The average Bonchev–Trinajstić information content (AvgIpc) is 3.44. The van der Waals surface area contributed by atoms with Crippen molar-refractivity contribution in [1.29, 1.82) is 0 Å². The number of imidazole rings is 1. The third-order valence-corrected chi connectivity index (χ3v) is 6.40. The Hall–Kier alpha value is -2.81. The molecule has 3 heterocycles. The Bertz CT molecular complexity index is 1060. The van der Waals surface area contributed by atoms with Gasteiger partial charge in [-0.25, -0.2) is 13.8 Å². The number of halogens is 2. The molecule has 5 rings (SSSR count). The minimum Gasteiger partial charge on any atom is -0.496 e. The van der Waals surface area contributed by atoms with Crippen molar-refractivity contribution in [3.63, 3.8) is 0 Å². The van der Waals surface area contributed by atoms with Gasteiger partial charge in [-0.05, 0) is 35.9 Å². The summed E-state index contributed by atoms with van der Waals surface area (Å²) in [6, 6.07) is 11.0. The molecule has 2 aromatic carbocycles. The minimum absolute atomic E-state index is 0.0874. The average molecular weight is 441 g/mol. The zero-order chi connectivity index (χ0) is 22.1. The molecule has 2 saturated heterocycles. The number of H-pyrrole nitrogens is 1. The van der Waals surface area contributed by atoms with Gasteiger partial charge in [-0.15, -0.1) is 0 Å². The van der Waals surface area contributed by atoms with E-state index in [2.05, 4.69) is 14.9 Å². The highest BCUT2D eigenvalue weighted by atomic mass is 19.1. The van der Waals surface area contributed by atoms with Gasteiger partial charge in [-0.1, -0.05) is 12.1 Å². The Morgan fingerprint density at radius 2 is 1.97 bits per heavy atom. The van der Waals surface area contributed by atoms with Crippen molar-refractivity contribution in [3.05, 3.63) is 83.4 Å². The van der Waals surface area contributed by atoms with E-state index in [4.69, 9.17) is 14.2 Å². The van der Waals surface area contributed by atoms with E-state index in [-0.39, 0.29) is 23.6 Å². The molecule has 0 radical (unpaired) electrons. The maximum absolute atomic E-state index is 14.1. The van der Waals surface area contributed by atoms with E-state index in [1.807, 2.05) is 0 Å². The second kappa shape index (κ2) is 8.61. The molecule has 3 aromatic rings. The van der Waals surface area contributed by atoms with Gasteiger partial charge in [-0.2, -0.15) is 0 Å². The molecule has 1 aromatic heterocycles. The van der Waals surface area contributed by atoms with E-state index < -0.39 is 5.72 Å². The van der Waals surface area contributed by atoms with E-state index in [0.717, 1.165) is 16.8 Å². The van der Waals surface area contributed by atoms with Crippen LogP contribution < -0.4 is 4.74 Å². The van der Waals surface area contributed by atoms with Gasteiger partial charge >= 0.3 is 0 Å². The molecule has 0 aliphatic carbocycles. The second-order valence-corrected chi connectivity index (χ2v) is 8.33. The van der Waals surface area contributed by atoms with Crippen LogP contribution >= 0.6 is 0 Å². The summed E-state index contributed by atoms with van der Waals surface area (Å²) < 4.78 is 45.6. The van der Waals surface area contributed by atoms with Crippen molar-refractivity contribution in [2.24, 2.45) is 0 Å². The predicted molar refractivity (Wildman–Crippen MR) is 113 cm³/mol. The summed E-state index contributed by atoms with van der Waals surface area (Å²) in [7, 11) is 1.58. The number of nitrogens with zero attached hydrogens (tertiary/aromatic N) is 2. The van der Waals surface area contributed by atoms with Crippen molar-refractivity contribution in [1.82, 2.24) is 14.9 Å². The summed E-state index contributed by atoms with van der Waals surface area (Å²) in [5, 5.41) is 0. The number of hydrogen-bond donors (Lipinski definition) is 1. The van der Waals surface area contributed by atoms with Gasteiger partial charge in [0.1, 0.15) is 23.1 Å². The maximum atomic E-state index is 14.1. The summed E-state index contributed by atoms with van der Waals surface area (Å²) in [6.45, 7) is 1.82. The fourth-order valence-electron chi connectivity index (χ4n) is 4.85. The molecule has 0 amide bonds. The quantitative estimate of drug-likeness (QED) is 0.644. The fraction of sp³-hybridized carbons (Fsp3) is 0.375. The van der Waals surface area contributed by atoms with E-state index >= 15 is 0 Å². The monoisotopic (exact) mass is 441 g/mol. The van der Waals surface area contributed by atoms with Crippen molar-refractivity contribution in [2.45, 2.75) is 30.7 Å². The molecule has 6 nitrogen and oxygen atoms in total. The summed E-state index contributed by atoms with van der Waals surface area (Å²) in [6.07, 6.45) is 4.03. The van der Waals surface area contributed by atoms with E-state index in [1.54, 1.807) is 37.8 Å². The number of nitrogens with one attached hydrogen (secondary N) is 1. The number of aromatic nitrogens is 2. The van der Waals surface area contributed by atoms with Crippen molar-refractivity contribution in [3.8, 4) is 5.75 Å². The Kier molecular flexibility index (Phi) is 5.67. The number of rotatable bonds is 5. The minimum atomic E-state index is -0.718. The molecule has 1 unspecified atom stereocenters. The standard InChI is InChI=1S/C24H25F2N3O3/c1-30-23-7-6-19(26)8-21(23)17-9-24(14-31-12-17)29(11-20-10-27-15-28-20)22(13-32-24)16-2-4-18(25)5-3-16/h2-8,10,15,17,22H,9,11-14H2,1H3,(H,27,28)/t17-,22-,24?/m1/s1. The first-order chi connectivity index (χ1) is 15.6. The lowest BCUT2D eigenvalue weighted by atomic mass is 9.87. The molecule has 1 N–H and O–H groups in total. The van der Waals surface area contributed by atoms with Crippen LogP contribution in [0.25, 0.3) is 0 Å². The number of benzene rings is 2. The maximum Gasteiger partial charge on any atom is 0.146 e. The van der Waals surface area contributed by atoms with Crippen LogP contribution in [-0.2, 0) is 16.0 Å². The number of hydrogen-bond acceptors (Lipinski definition) is 5. The normalized spacial score (nSPS) is 26.0. The molecular formula is C24H25F2N3O3. The molecule has 8 heteroatoms. The van der Waals surface area contributed by atoms with Crippen LogP contribution in [0.2, 0.25) is 0 Å². The Balaban J connectivity index is 1.49. The third kappa shape index (κ3) is 3.90. The number of methoxy groups -OCH3 is 1. The van der Waals surface area contributed by atoms with E-state index in [1.165, 1.54) is 24.3 Å². The van der Waals surface area contributed by atoms with Crippen molar-refractivity contribution < 1.29 is 23.0 Å². The largest absolute Gasteiger partial charge is 0.496 e. The van der Waals surface area contributed by atoms with Gasteiger partial charge in [0.25, 0.3) is 0 Å². The lowest BCUT2D eigenvalue weighted by Crippen LogP contribution is -2.53. The SMILES string of the molecule is COc1ccc(F)cc1[C@H]1COCC2(C1)OC[C@H](c1ccc(F)cc1)N2Cc1cnc[nH]1. The number of aromatic amines is 1. The lowest BCUT2D eigenvalue weighted by Gasteiger charge is -2.44. The summed E-state index contributed by atoms with van der Waals surface area (Å²) >= 11 is 0. The van der Waals surface area contributed by atoms with Crippen LogP contribution in [0.15, 0.2) is 55.0 Å². The van der Waals surface area contributed by atoms with Crippen LogP contribution in [0.3, 0.4) is 0 Å². The molecule has 2 fully saturated rings. The molecule has 3 atom stereocenters. The highest BCUT2D eigenvalue weighted by Gasteiger charge is 2.51. The highest BCUT2D eigenvalue weighted by Crippen LogP contribution is 2.47. The van der Waals surface area contributed by atoms with Crippen LogP contribution in [-0.4, -0.2) is 47.5 Å². The van der Waals surface area contributed by atoms with Crippen LogP contribution in [0.1, 0.15) is 35.2 Å². The zero-order valence-corrected chi connectivity index (χ0v) is 17.8. The van der Waals surface area contributed by atoms with Crippen LogP contribution in [0.4, 0.5) is 8.78 Å². The Labute approximate surface area is 185 Å². The summed E-state index contributed by atoms with van der Waals surface area (Å²) in [5.74, 6) is -0.0658. The van der Waals surface area contributed by atoms with Crippen molar-refractivity contribution in [2.75, 3.05) is 26.9 Å². The highest BCUT2D eigenvalue weighted by molar-refractivity contribution is 5.37. The first-order valence-corrected chi connectivity index (χ1v) is 10.6. The van der Waals surface area contributed by atoms with Gasteiger partial charge in [0.2, 0.25) is 0 Å². The molecule has 168 valence electrons. The number of ether oxygens (including phenoxy) is 3. The fourth-order valence-corrected chi connectivity index (χ4v) is 4.85. The molecule has 32 heavy (non-hydrogen) atoms. The van der Waals surface area contributed by atoms with Gasteiger partial charge in [0.05, 0.1) is 39.3 Å². The Morgan fingerprint density at radius 1 is 1.16 bits per heavy atom. The summed E-state index contributed by atoms with van der Waals surface area (Å²) in [4.78, 5) is 9.54. The predicted octanol–water partition coefficient (Wildman–Crippen LogP) is 4.17. The molecule has 1 spiro atoms. The topological polar surface area (TPSA) is 59.6 Å². The molecule has 2 aliphatic rings. The summed E-state index contributed by atoms with van der Waals surface area (Å²) in [5.41, 5.74) is 1.95. The second-order valence-electron chi connectivity index (χ2n) is 8.33. The molecule has 2 aliphatic heterocycles. The lowest BCUT2D eigenvalue weighted by molar-refractivity contribution is -0.173. The first-order valence-electron chi connectivity index (χ1n) is 10.6. The van der Waals surface area contributed by atoms with Crippen LogP contribution in [0, 0.1) is 11.6 Å². The van der Waals surface area contributed by atoms with Gasteiger partial charge in [0.15, 0.2) is 0 Å². The van der Waals surface area contributed by atoms with E-state index in [0.29, 0.717) is 38.5 Å². The molecule has 0 bridgehead atoms. The molecular weight excluding hydrogens is 416 g/mol. The third-order valence-electron chi connectivity index (χ3n) is 6.40. The Morgan fingerprint density at radius 3 is 2.72 bits per heavy atom. The van der Waals surface area contributed by atoms with Gasteiger partial charge in [0, 0.05) is 36.3 Å². The van der Waals surface area contributed by atoms with Gasteiger partial charge < -0.3 is 19.2 Å². The molecule has 0 saturated carbocycles. The van der Waals surface area contributed by atoms with Crippen LogP contribution in [0.5, 0.6) is 5.75 Å². The van der Waals surface area contributed by atoms with E-state index in [9.17, 15) is 8.78 Å². The van der Waals surface area contributed by atoms with Gasteiger partial charge in [-0.3, -0.25) is 4.90 Å². The smallest absolute Gasteiger partial charge is 0.146 e. The first kappa shape index (κ1) is 21.1.